The van der Waals surface area contributed by atoms with Gasteiger partial charge in [-0.3, -0.25) is 9.59 Å². The number of allylic oxidation sites excluding steroid dienone is 2. The average molecular weight is 279 g/mol. The summed E-state index contributed by atoms with van der Waals surface area (Å²) in [5.74, 6) is -0.556. The van der Waals surface area contributed by atoms with Gasteiger partial charge < -0.3 is 10.5 Å². The number of rotatable bonds is 9. The van der Waals surface area contributed by atoms with Gasteiger partial charge in [-0.15, -0.1) is 0 Å². The SMILES string of the molecule is CC(=O)OC1(CCCCCCCCN)C=CC=CC1=O. The molecule has 0 saturated carbocycles. The molecule has 1 aliphatic rings. The molecule has 0 aromatic rings. The number of ketones is 1. The number of nitrogens with two attached hydrogens (primary N) is 1. The minimum Gasteiger partial charge on any atom is -0.447 e. The first-order chi connectivity index (χ1) is 9.60. The number of unbranched alkanes of at least 4 members (excludes halogenated alkanes) is 5. The molecule has 0 heterocycles. The molecule has 0 fully saturated rings. The smallest absolute Gasteiger partial charge is 0.303 e. The van der Waals surface area contributed by atoms with E-state index in [-0.39, 0.29) is 5.78 Å². The lowest BCUT2D eigenvalue weighted by molar-refractivity contribution is -0.159. The van der Waals surface area contributed by atoms with Crippen LogP contribution in [0.1, 0.15) is 51.9 Å². The van der Waals surface area contributed by atoms with Crippen LogP contribution in [0.25, 0.3) is 0 Å². The summed E-state index contributed by atoms with van der Waals surface area (Å²) in [6, 6.07) is 0. The van der Waals surface area contributed by atoms with Gasteiger partial charge in [0, 0.05) is 6.92 Å². The van der Waals surface area contributed by atoms with Crippen molar-refractivity contribution in [3.05, 3.63) is 24.3 Å². The van der Waals surface area contributed by atoms with Gasteiger partial charge >= 0.3 is 5.97 Å². The molecule has 0 radical (unpaired) electrons. The first kappa shape index (κ1) is 16.6. The summed E-state index contributed by atoms with van der Waals surface area (Å²) in [4.78, 5) is 23.3. The molecule has 20 heavy (non-hydrogen) atoms. The number of ether oxygens (including phenoxy) is 1. The third-order valence-electron chi connectivity index (χ3n) is 3.47. The third kappa shape index (κ3) is 5.29. The van der Waals surface area contributed by atoms with Crippen molar-refractivity contribution < 1.29 is 14.3 Å². The van der Waals surface area contributed by atoms with Gasteiger partial charge in [0.2, 0.25) is 5.78 Å². The molecule has 4 nitrogen and oxygen atoms in total. The van der Waals surface area contributed by atoms with E-state index in [4.69, 9.17) is 10.5 Å². The number of hydrogen-bond donors (Lipinski definition) is 1. The van der Waals surface area contributed by atoms with Crippen molar-refractivity contribution in [2.45, 2.75) is 57.5 Å². The Bertz CT molecular complexity index is 387. The summed E-state index contributed by atoms with van der Waals surface area (Å²) in [5.41, 5.74) is 4.37. The molecular weight excluding hydrogens is 254 g/mol. The Morgan fingerprint density at radius 2 is 1.80 bits per heavy atom. The number of hydrogen-bond acceptors (Lipinski definition) is 4. The summed E-state index contributed by atoms with van der Waals surface area (Å²) in [6.45, 7) is 2.09. The molecule has 0 aromatic carbocycles. The maximum absolute atomic E-state index is 12.0. The number of esters is 1. The lowest BCUT2D eigenvalue weighted by atomic mass is 9.87. The molecule has 1 unspecified atom stereocenters. The minimum absolute atomic E-state index is 0.140. The molecular formula is C16H25NO3. The predicted molar refractivity (Wildman–Crippen MR) is 79.2 cm³/mol. The fourth-order valence-electron chi connectivity index (χ4n) is 2.41. The first-order valence-corrected chi connectivity index (χ1v) is 7.41. The number of carbonyl (C=O) groups excluding carboxylic acids is 2. The average Bonchev–Trinajstić information content (AvgIpc) is 2.40. The molecule has 0 amide bonds. The van der Waals surface area contributed by atoms with Gasteiger partial charge in [0.05, 0.1) is 0 Å². The van der Waals surface area contributed by atoms with E-state index >= 15 is 0 Å². The fraction of sp³-hybridized carbons (Fsp3) is 0.625. The van der Waals surface area contributed by atoms with Crippen molar-refractivity contribution >= 4 is 11.8 Å². The third-order valence-corrected chi connectivity index (χ3v) is 3.47. The van der Waals surface area contributed by atoms with E-state index in [0.29, 0.717) is 6.42 Å². The van der Waals surface area contributed by atoms with E-state index in [2.05, 4.69) is 0 Å². The highest BCUT2D eigenvalue weighted by molar-refractivity contribution is 6.01. The van der Waals surface area contributed by atoms with Gasteiger partial charge in [0.15, 0.2) is 5.60 Å². The van der Waals surface area contributed by atoms with Gasteiger partial charge in [-0.05, 0) is 38.0 Å². The first-order valence-electron chi connectivity index (χ1n) is 7.41. The zero-order chi connectivity index (χ0) is 14.8. The second kappa shape index (κ2) is 8.69. The zero-order valence-corrected chi connectivity index (χ0v) is 12.3. The molecule has 1 atom stereocenters. The lowest BCUT2D eigenvalue weighted by Crippen LogP contribution is -2.41. The van der Waals surface area contributed by atoms with Crippen molar-refractivity contribution in [2.75, 3.05) is 6.54 Å². The van der Waals surface area contributed by atoms with E-state index in [0.717, 1.165) is 38.6 Å². The number of carbonyl (C=O) groups is 2. The second-order valence-electron chi connectivity index (χ2n) is 5.23. The van der Waals surface area contributed by atoms with Crippen LogP contribution in [-0.4, -0.2) is 23.9 Å². The molecule has 4 heteroatoms. The van der Waals surface area contributed by atoms with Crippen LogP contribution in [-0.2, 0) is 14.3 Å². The Labute approximate surface area is 121 Å². The molecule has 0 spiro atoms. The van der Waals surface area contributed by atoms with Crippen LogP contribution in [0.4, 0.5) is 0 Å². The standard InChI is InChI=1S/C16H25NO3/c1-14(18)20-16(12-8-6-10-15(16)19)11-7-4-2-3-5-9-13-17/h6,8,10,12H,2-5,7,9,11,13,17H2,1H3. The lowest BCUT2D eigenvalue weighted by Gasteiger charge is -2.29. The van der Waals surface area contributed by atoms with Gasteiger partial charge in [-0.25, -0.2) is 0 Å². The van der Waals surface area contributed by atoms with Crippen LogP contribution >= 0.6 is 0 Å². The Morgan fingerprint density at radius 1 is 1.15 bits per heavy atom. The fourth-order valence-corrected chi connectivity index (χ4v) is 2.41. The maximum Gasteiger partial charge on any atom is 0.303 e. The molecule has 1 aliphatic carbocycles. The van der Waals surface area contributed by atoms with Gasteiger partial charge in [0.25, 0.3) is 0 Å². The van der Waals surface area contributed by atoms with Crippen LogP contribution in [0.5, 0.6) is 0 Å². The van der Waals surface area contributed by atoms with E-state index in [1.807, 2.05) is 0 Å². The molecule has 2 N–H and O–H groups in total. The van der Waals surface area contributed by atoms with Crippen LogP contribution < -0.4 is 5.73 Å². The highest BCUT2D eigenvalue weighted by Gasteiger charge is 2.37. The summed E-state index contributed by atoms with van der Waals surface area (Å²) < 4.78 is 5.29. The summed E-state index contributed by atoms with van der Waals surface area (Å²) >= 11 is 0. The van der Waals surface area contributed by atoms with Crippen LogP contribution in [0.3, 0.4) is 0 Å². The summed E-state index contributed by atoms with van der Waals surface area (Å²) in [6.07, 6.45) is 13.6. The van der Waals surface area contributed by atoms with Gasteiger partial charge in [-0.2, -0.15) is 0 Å². The Kier molecular flexibility index (Phi) is 7.23. The van der Waals surface area contributed by atoms with Crippen LogP contribution in [0.15, 0.2) is 24.3 Å². The monoisotopic (exact) mass is 279 g/mol. The minimum atomic E-state index is -1.07. The van der Waals surface area contributed by atoms with Crippen molar-refractivity contribution in [1.82, 2.24) is 0 Å². The molecule has 1 rings (SSSR count). The predicted octanol–water partition coefficient (Wildman–Crippen LogP) is 2.67. The Balaban J connectivity index is 2.39. The van der Waals surface area contributed by atoms with E-state index in [1.165, 1.54) is 19.4 Å². The molecule has 0 aromatic heterocycles. The van der Waals surface area contributed by atoms with E-state index in [9.17, 15) is 9.59 Å². The normalized spacial score (nSPS) is 21.2. The van der Waals surface area contributed by atoms with Crippen molar-refractivity contribution in [2.24, 2.45) is 5.73 Å². The van der Waals surface area contributed by atoms with Crippen LogP contribution in [0.2, 0.25) is 0 Å². The van der Waals surface area contributed by atoms with E-state index in [1.54, 1.807) is 18.2 Å². The van der Waals surface area contributed by atoms with Crippen molar-refractivity contribution in [3.8, 4) is 0 Å². The largest absolute Gasteiger partial charge is 0.447 e. The molecule has 0 bridgehead atoms. The summed E-state index contributed by atoms with van der Waals surface area (Å²) in [5, 5.41) is 0. The quantitative estimate of drug-likeness (QED) is 0.520. The highest BCUT2D eigenvalue weighted by Crippen LogP contribution is 2.26. The second-order valence-corrected chi connectivity index (χ2v) is 5.23. The highest BCUT2D eigenvalue weighted by atomic mass is 16.6. The zero-order valence-electron chi connectivity index (χ0n) is 12.3. The maximum atomic E-state index is 12.0. The molecule has 0 saturated heterocycles. The van der Waals surface area contributed by atoms with E-state index < -0.39 is 11.6 Å². The summed E-state index contributed by atoms with van der Waals surface area (Å²) in [7, 11) is 0. The Hall–Kier alpha value is -1.42. The topological polar surface area (TPSA) is 69.4 Å². The van der Waals surface area contributed by atoms with Gasteiger partial charge in [0.1, 0.15) is 0 Å². The molecule has 0 aliphatic heterocycles. The van der Waals surface area contributed by atoms with Gasteiger partial charge in [-0.1, -0.05) is 37.8 Å². The van der Waals surface area contributed by atoms with Crippen LogP contribution in [0, 0.1) is 0 Å². The van der Waals surface area contributed by atoms with Crippen molar-refractivity contribution in [3.63, 3.8) is 0 Å². The molecule has 112 valence electrons. The van der Waals surface area contributed by atoms with Crippen molar-refractivity contribution in [1.29, 1.82) is 0 Å². The Morgan fingerprint density at radius 3 is 2.40 bits per heavy atom.